The summed E-state index contributed by atoms with van der Waals surface area (Å²) in [6, 6.07) is 4.78. The summed E-state index contributed by atoms with van der Waals surface area (Å²) in [5.41, 5.74) is 1.31. The summed E-state index contributed by atoms with van der Waals surface area (Å²) in [6.45, 7) is 3.49. The van der Waals surface area contributed by atoms with E-state index in [4.69, 9.17) is 11.6 Å². The molecule has 0 amide bonds. The van der Waals surface area contributed by atoms with Crippen molar-refractivity contribution in [1.29, 1.82) is 0 Å². The smallest absolute Gasteiger partial charge is 0.263 e. The molecule has 0 spiro atoms. The molecule has 0 unspecified atom stereocenters. The number of nitrogens with zero attached hydrogens (tertiary/aromatic N) is 2. The number of hydrogen-bond acceptors (Lipinski definition) is 4. The Morgan fingerprint density at radius 1 is 1.23 bits per heavy atom. The Kier molecular flexibility index (Phi) is 3.82. The maximum Gasteiger partial charge on any atom is 0.263 e. The molecule has 1 saturated carbocycles. The minimum Gasteiger partial charge on any atom is -0.263 e. The molecule has 1 aliphatic rings. The Hall–Kier alpha value is -1.66. The molecule has 7 heteroatoms. The van der Waals surface area contributed by atoms with Gasteiger partial charge in [0.2, 0.25) is 0 Å². The number of aryl methyl sites for hydroxylation is 2. The highest BCUT2D eigenvalue weighted by atomic mass is 35.5. The summed E-state index contributed by atoms with van der Waals surface area (Å²) in [5, 5.41) is 0.550. The molecule has 0 bridgehead atoms. The van der Waals surface area contributed by atoms with Crippen molar-refractivity contribution >= 4 is 27.4 Å². The van der Waals surface area contributed by atoms with Gasteiger partial charge in [-0.1, -0.05) is 11.6 Å². The van der Waals surface area contributed by atoms with E-state index in [2.05, 4.69) is 14.7 Å². The molecule has 0 aliphatic heterocycles. The van der Waals surface area contributed by atoms with E-state index in [0.29, 0.717) is 33.7 Å². The van der Waals surface area contributed by atoms with Crippen LogP contribution in [-0.4, -0.2) is 18.4 Å². The molecule has 0 saturated heterocycles. The second-order valence-electron chi connectivity index (χ2n) is 5.55. The molecule has 1 fully saturated rings. The van der Waals surface area contributed by atoms with Crippen molar-refractivity contribution in [3.63, 3.8) is 0 Å². The molecule has 2 aromatic rings. The van der Waals surface area contributed by atoms with Crippen LogP contribution in [0.15, 0.2) is 29.3 Å². The number of nitrogens with one attached hydrogen (secondary N) is 1. The topological polar surface area (TPSA) is 72.0 Å². The zero-order chi connectivity index (χ0) is 15.9. The third kappa shape index (κ3) is 3.08. The number of rotatable bonds is 4. The lowest BCUT2D eigenvalue weighted by molar-refractivity contribution is 0.600. The summed E-state index contributed by atoms with van der Waals surface area (Å²) >= 11 is 6.02. The van der Waals surface area contributed by atoms with E-state index < -0.39 is 10.0 Å². The minimum atomic E-state index is -3.70. The zero-order valence-corrected chi connectivity index (χ0v) is 13.9. The second-order valence-corrected chi connectivity index (χ2v) is 7.60. The van der Waals surface area contributed by atoms with Crippen LogP contribution in [0.4, 0.5) is 5.82 Å². The summed E-state index contributed by atoms with van der Waals surface area (Å²) < 4.78 is 27.7. The van der Waals surface area contributed by atoms with E-state index in [1.54, 1.807) is 38.2 Å². The van der Waals surface area contributed by atoms with Gasteiger partial charge in [0.25, 0.3) is 10.0 Å². The van der Waals surface area contributed by atoms with Crippen LogP contribution in [-0.2, 0) is 10.0 Å². The minimum absolute atomic E-state index is 0.209. The maximum absolute atomic E-state index is 12.6. The average Bonchev–Trinajstić information content (AvgIpc) is 3.27. The standard InChI is InChI=1S/C15H16ClN3O2S/c1-9-8-13(10(2)7-12(9)16)22(20,21)19-14-5-6-17-15(18-14)11-3-4-11/h5-8,11H,3-4H2,1-2H3,(H,17,18,19). The molecular weight excluding hydrogens is 322 g/mol. The quantitative estimate of drug-likeness (QED) is 0.927. The average molecular weight is 338 g/mol. The maximum atomic E-state index is 12.6. The Labute approximate surface area is 134 Å². The van der Waals surface area contributed by atoms with E-state index in [-0.39, 0.29) is 4.90 Å². The third-order valence-electron chi connectivity index (χ3n) is 3.60. The number of anilines is 1. The van der Waals surface area contributed by atoms with Crippen molar-refractivity contribution < 1.29 is 8.42 Å². The highest BCUT2D eigenvalue weighted by Crippen LogP contribution is 2.38. The fourth-order valence-corrected chi connectivity index (χ4v) is 3.74. The van der Waals surface area contributed by atoms with Gasteiger partial charge in [-0.25, -0.2) is 18.4 Å². The van der Waals surface area contributed by atoms with Crippen molar-refractivity contribution in [2.75, 3.05) is 4.72 Å². The molecule has 3 rings (SSSR count). The van der Waals surface area contributed by atoms with Crippen LogP contribution in [0, 0.1) is 13.8 Å². The van der Waals surface area contributed by atoms with Crippen molar-refractivity contribution in [3.8, 4) is 0 Å². The molecule has 116 valence electrons. The summed E-state index contributed by atoms with van der Waals surface area (Å²) in [5.74, 6) is 1.36. The molecule has 1 aromatic carbocycles. The van der Waals surface area contributed by atoms with E-state index in [0.717, 1.165) is 12.8 Å². The van der Waals surface area contributed by atoms with Gasteiger partial charge in [-0.2, -0.15) is 0 Å². The molecule has 5 nitrogen and oxygen atoms in total. The van der Waals surface area contributed by atoms with Gasteiger partial charge in [-0.3, -0.25) is 4.72 Å². The number of sulfonamides is 1. The van der Waals surface area contributed by atoms with Gasteiger partial charge in [0.05, 0.1) is 4.90 Å². The van der Waals surface area contributed by atoms with Crippen LogP contribution in [0.3, 0.4) is 0 Å². The largest absolute Gasteiger partial charge is 0.263 e. The highest BCUT2D eigenvalue weighted by Gasteiger charge is 2.27. The van der Waals surface area contributed by atoms with Gasteiger partial charge >= 0.3 is 0 Å². The van der Waals surface area contributed by atoms with E-state index in [1.165, 1.54) is 0 Å². The lowest BCUT2D eigenvalue weighted by atomic mass is 10.2. The van der Waals surface area contributed by atoms with Gasteiger partial charge < -0.3 is 0 Å². The molecule has 0 atom stereocenters. The Bertz CT molecular complexity index is 833. The predicted molar refractivity (Wildman–Crippen MR) is 85.7 cm³/mol. The predicted octanol–water partition coefficient (Wildman–Crippen LogP) is 3.43. The van der Waals surface area contributed by atoms with Crippen LogP contribution < -0.4 is 4.72 Å². The molecule has 22 heavy (non-hydrogen) atoms. The number of benzene rings is 1. The van der Waals surface area contributed by atoms with Crippen molar-refractivity contribution in [3.05, 3.63) is 46.4 Å². The van der Waals surface area contributed by atoms with E-state index >= 15 is 0 Å². The third-order valence-corrected chi connectivity index (χ3v) is 5.51. The lowest BCUT2D eigenvalue weighted by Gasteiger charge is -2.12. The second kappa shape index (κ2) is 5.52. The van der Waals surface area contributed by atoms with E-state index in [9.17, 15) is 8.42 Å². The van der Waals surface area contributed by atoms with Gasteiger partial charge in [0.15, 0.2) is 0 Å². The molecule has 0 radical (unpaired) electrons. The summed E-state index contributed by atoms with van der Waals surface area (Å²) in [7, 11) is -3.70. The Balaban J connectivity index is 1.93. The molecule has 1 aromatic heterocycles. The van der Waals surface area contributed by atoms with Gasteiger partial charge in [-0.15, -0.1) is 0 Å². The van der Waals surface area contributed by atoms with Crippen LogP contribution in [0.1, 0.15) is 35.7 Å². The SMILES string of the molecule is Cc1cc(S(=O)(=O)Nc2ccnc(C3CC3)n2)c(C)cc1Cl. The first-order valence-electron chi connectivity index (χ1n) is 6.99. The molecule has 1 N–H and O–H groups in total. The first kappa shape index (κ1) is 15.2. The molecular formula is C15H16ClN3O2S. The first-order chi connectivity index (χ1) is 10.4. The van der Waals surface area contributed by atoms with E-state index in [1.807, 2.05) is 0 Å². The van der Waals surface area contributed by atoms with Crippen molar-refractivity contribution in [2.24, 2.45) is 0 Å². The molecule has 1 heterocycles. The number of hydrogen-bond donors (Lipinski definition) is 1. The highest BCUT2D eigenvalue weighted by molar-refractivity contribution is 7.92. The van der Waals surface area contributed by atoms with Crippen molar-refractivity contribution in [1.82, 2.24) is 9.97 Å². The fourth-order valence-electron chi connectivity index (χ4n) is 2.21. The molecule has 1 aliphatic carbocycles. The number of aromatic nitrogens is 2. The lowest BCUT2D eigenvalue weighted by Crippen LogP contribution is -2.16. The van der Waals surface area contributed by atoms with Crippen LogP contribution in [0.25, 0.3) is 0 Å². The van der Waals surface area contributed by atoms with Gasteiger partial charge in [0, 0.05) is 17.1 Å². The summed E-state index contributed by atoms with van der Waals surface area (Å²) in [6.07, 6.45) is 3.70. The monoisotopic (exact) mass is 337 g/mol. The zero-order valence-electron chi connectivity index (χ0n) is 12.3. The Morgan fingerprint density at radius 2 is 1.95 bits per heavy atom. The number of halogens is 1. The van der Waals surface area contributed by atoms with Gasteiger partial charge in [-0.05, 0) is 56.0 Å². The normalized spacial score (nSPS) is 14.9. The fraction of sp³-hybridized carbons (Fsp3) is 0.333. The van der Waals surface area contributed by atoms with Crippen LogP contribution in [0.5, 0.6) is 0 Å². The van der Waals surface area contributed by atoms with Crippen molar-refractivity contribution in [2.45, 2.75) is 37.5 Å². The van der Waals surface area contributed by atoms with Crippen LogP contribution in [0.2, 0.25) is 5.02 Å². The van der Waals surface area contributed by atoms with Gasteiger partial charge in [0.1, 0.15) is 11.6 Å². The Morgan fingerprint density at radius 3 is 2.64 bits per heavy atom. The van der Waals surface area contributed by atoms with Crippen LogP contribution >= 0.6 is 11.6 Å². The first-order valence-corrected chi connectivity index (χ1v) is 8.85. The summed E-state index contributed by atoms with van der Waals surface area (Å²) in [4.78, 5) is 8.68.